The van der Waals surface area contributed by atoms with Gasteiger partial charge >= 0.3 is 0 Å². The van der Waals surface area contributed by atoms with Crippen LogP contribution in [0.25, 0.3) is 0 Å². The maximum Gasteiger partial charge on any atom is 0.244 e. The smallest absolute Gasteiger partial charge is 0.244 e. The van der Waals surface area contributed by atoms with Gasteiger partial charge in [0.1, 0.15) is 11.8 Å². The first-order valence-electron chi connectivity index (χ1n) is 9.01. The van der Waals surface area contributed by atoms with Crippen molar-refractivity contribution in [2.75, 3.05) is 33.3 Å². The highest BCUT2D eigenvalue weighted by Gasteiger charge is 2.35. The predicted molar refractivity (Wildman–Crippen MR) is 95.2 cm³/mol. The molecule has 0 aromatic heterocycles. The fourth-order valence-corrected chi connectivity index (χ4v) is 3.78. The summed E-state index contributed by atoms with van der Waals surface area (Å²) in [6, 6.07) is 8.20. The average molecular weight is 331 g/mol. The number of carbonyl (C=O) groups excluding carboxylic acids is 1. The number of nitrogens with zero attached hydrogens (tertiary/aromatic N) is 2. The summed E-state index contributed by atoms with van der Waals surface area (Å²) in [4.78, 5) is 17.9. The summed E-state index contributed by atoms with van der Waals surface area (Å²) in [5, 5.41) is 3.46. The fourth-order valence-electron chi connectivity index (χ4n) is 3.78. The van der Waals surface area contributed by atoms with Gasteiger partial charge in [-0.2, -0.15) is 0 Å². The highest BCUT2D eigenvalue weighted by Crippen LogP contribution is 2.26. The number of amides is 1. The van der Waals surface area contributed by atoms with Crippen LogP contribution in [-0.2, 0) is 4.79 Å². The molecule has 1 aromatic rings. The molecule has 1 amide bonds. The van der Waals surface area contributed by atoms with E-state index >= 15 is 0 Å². The third kappa shape index (κ3) is 3.73. The quantitative estimate of drug-likeness (QED) is 0.897. The maximum atomic E-state index is 13.3. The van der Waals surface area contributed by atoms with Crippen LogP contribution in [0.2, 0.25) is 0 Å². The van der Waals surface area contributed by atoms with Crippen molar-refractivity contribution < 1.29 is 9.53 Å². The number of fused-ring (bicyclic) bond motifs is 4. The van der Waals surface area contributed by atoms with Crippen LogP contribution in [-0.4, -0.2) is 61.1 Å². The number of hydrogen-bond donors (Lipinski definition) is 1. The molecule has 3 fully saturated rings. The first kappa shape index (κ1) is 17.2. The van der Waals surface area contributed by atoms with Crippen LogP contribution >= 0.6 is 0 Å². The molecule has 1 atom stereocenters. The molecule has 132 valence electrons. The Labute approximate surface area is 145 Å². The number of ether oxygens (including phenoxy) is 1. The van der Waals surface area contributed by atoms with E-state index in [1.54, 1.807) is 7.11 Å². The number of methoxy groups -OCH3 is 1. The molecule has 0 spiro atoms. The van der Waals surface area contributed by atoms with E-state index < -0.39 is 0 Å². The highest BCUT2D eigenvalue weighted by molar-refractivity contribution is 5.84. The van der Waals surface area contributed by atoms with Crippen molar-refractivity contribution in [3.63, 3.8) is 0 Å². The van der Waals surface area contributed by atoms with Gasteiger partial charge in [0.2, 0.25) is 5.91 Å². The third-order valence-corrected chi connectivity index (χ3v) is 5.13. The van der Waals surface area contributed by atoms with Gasteiger partial charge in [-0.25, -0.2) is 0 Å². The molecule has 24 heavy (non-hydrogen) atoms. The molecule has 3 aliphatic heterocycles. The number of hydrogen-bond acceptors (Lipinski definition) is 4. The van der Waals surface area contributed by atoms with Crippen LogP contribution in [0.1, 0.15) is 38.3 Å². The topological polar surface area (TPSA) is 44.8 Å². The highest BCUT2D eigenvalue weighted by atomic mass is 16.5. The average Bonchev–Trinajstić information content (AvgIpc) is 2.93. The predicted octanol–water partition coefficient (Wildman–Crippen LogP) is 2.04. The van der Waals surface area contributed by atoms with Gasteiger partial charge in [0.05, 0.1) is 7.11 Å². The minimum atomic E-state index is -0.289. The van der Waals surface area contributed by atoms with Gasteiger partial charge in [0.15, 0.2) is 0 Å². The Hall–Kier alpha value is -1.59. The van der Waals surface area contributed by atoms with Crippen LogP contribution in [0, 0.1) is 0 Å². The van der Waals surface area contributed by atoms with Gasteiger partial charge < -0.3 is 14.5 Å². The lowest BCUT2D eigenvalue weighted by molar-refractivity contribution is -0.136. The molecule has 0 aliphatic carbocycles. The van der Waals surface area contributed by atoms with Crippen LogP contribution in [0.5, 0.6) is 5.75 Å². The normalized spacial score (nSPS) is 24.8. The molecule has 5 nitrogen and oxygen atoms in total. The first-order chi connectivity index (χ1) is 11.6. The summed E-state index contributed by atoms with van der Waals surface area (Å²) in [6.45, 7) is 8.26. The standard InChI is InChI=1S/C19H29N3O2/c1-14(2)20-18(15-4-6-17(24-3)7-5-15)19(23)22-13-12-21-10-8-16(22)9-11-21/h4-7,14,16,18,20H,8-13H2,1-3H3. The van der Waals surface area contributed by atoms with Crippen molar-refractivity contribution in [2.45, 2.75) is 44.8 Å². The fraction of sp³-hybridized carbons (Fsp3) is 0.632. The van der Waals surface area contributed by atoms with E-state index in [9.17, 15) is 4.79 Å². The molecule has 3 heterocycles. The Bertz CT molecular complexity index is 550. The molecule has 5 heteroatoms. The monoisotopic (exact) mass is 331 g/mol. The Morgan fingerprint density at radius 3 is 2.38 bits per heavy atom. The van der Waals surface area contributed by atoms with E-state index in [-0.39, 0.29) is 18.0 Å². The number of carbonyl (C=O) groups is 1. The summed E-state index contributed by atoms with van der Waals surface area (Å²) in [6.07, 6.45) is 2.20. The second-order valence-corrected chi connectivity index (χ2v) is 7.13. The summed E-state index contributed by atoms with van der Waals surface area (Å²) in [5.41, 5.74) is 1.01. The van der Waals surface area contributed by atoms with Gasteiger partial charge in [-0.1, -0.05) is 12.1 Å². The number of benzene rings is 1. The van der Waals surface area contributed by atoms with Crippen molar-refractivity contribution in [3.8, 4) is 5.75 Å². The van der Waals surface area contributed by atoms with Gasteiger partial charge in [-0.15, -0.1) is 0 Å². The first-order valence-corrected chi connectivity index (χ1v) is 9.01. The lowest BCUT2D eigenvalue weighted by Gasteiger charge is -2.34. The molecule has 1 N–H and O–H groups in total. The van der Waals surface area contributed by atoms with Crippen LogP contribution < -0.4 is 10.1 Å². The van der Waals surface area contributed by atoms with E-state index in [1.165, 1.54) is 0 Å². The molecular formula is C19H29N3O2. The van der Waals surface area contributed by atoms with E-state index in [4.69, 9.17) is 4.74 Å². The lowest BCUT2D eigenvalue weighted by atomic mass is 10.0. The number of nitrogens with one attached hydrogen (secondary N) is 1. The minimum absolute atomic E-state index is 0.211. The van der Waals surface area contributed by atoms with E-state index in [2.05, 4.69) is 29.0 Å². The number of piperidine rings is 1. The second kappa shape index (κ2) is 7.53. The Balaban J connectivity index is 1.82. The van der Waals surface area contributed by atoms with Crippen molar-refractivity contribution in [1.29, 1.82) is 0 Å². The molecule has 2 bridgehead atoms. The Morgan fingerprint density at radius 2 is 1.79 bits per heavy atom. The van der Waals surface area contributed by atoms with Crippen LogP contribution in [0.4, 0.5) is 0 Å². The SMILES string of the molecule is COc1ccc(C(NC(C)C)C(=O)N2CCN3CCC2CC3)cc1. The molecule has 1 aromatic carbocycles. The van der Waals surface area contributed by atoms with Gasteiger partial charge in [-0.3, -0.25) is 10.1 Å². The zero-order valence-corrected chi connectivity index (χ0v) is 15.0. The minimum Gasteiger partial charge on any atom is -0.497 e. The maximum absolute atomic E-state index is 13.3. The van der Waals surface area contributed by atoms with E-state index in [0.717, 1.165) is 50.3 Å². The number of rotatable bonds is 5. The van der Waals surface area contributed by atoms with Gasteiger partial charge in [-0.05, 0) is 44.4 Å². The second-order valence-electron chi connectivity index (χ2n) is 7.13. The molecule has 3 saturated heterocycles. The van der Waals surface area contributed by atoms with Crippen molar-refractivity contribution in [3.05, 3.63) is 29.8 Å². The Morgan fingerprint density at radius 1 is 1.12 bits per heavy atom. The zero-order chi connectivity index (χ0) is 17.1. The summed E-state index contributed by atoms with van der Waals surface area (Å²) in [7, 11) is 1.66. The van der Waals surface area contributed by atoms with Crippen LogP contribution in [0.3, 0.4) is 0 Å². The van der Waals surface area contributed by atoms with E-state index in [0.29, 0.717) is 6.04 Å². The summed E-state index contributed by atoms with van der Waals surface area (Å²) >= 11 is 0. The van der Waals surface area contributed by atoms with Gasteiger partial charge in [0, 0.05) is 38.3 Å². The van der Waals surface area contributed by atoms with Crippen LogP contribution in [0.15, 0.2) is 24.3 Å². The van der Waals surface area contributed by atoms with Crippen molar-refractivity contribution >= 4 is 5.91 Å². The molecule has 1 unspecified atom stereocenters. The molecular weight excluding hydrogens is 302 g/mol. The van der Waals surface area contributed by atoms with Crippen molar-refractivity contribution in [1.82, 2.24) is 15.1 Å². The molecule has 0 radical (unpaired) electrons. The lowest BCUT2D eigenvalue weighted by Crippen LogP contribution is -2.48. The third-order valence-electron chi connectivity index (χ3n) is 5.13. The summed E-state index contributed by atoms with van der Waals surface area (Å²) in [5.74, 6) is 1.03. The zero-order valence-electron chi connectivity index (χ0n) is 15.0. The molecule has 4 rings (SSSR count). The van der Waals surface area contributed by atoms with E-state index in [1.807, 2.05) is 24.3 Å². The molecule has 0 saturated carbocycles. The van der Waals surface area contributed by atoms with Crippen molar-refractivity contribution in [2.24, 2.45) is 0 Å². The summed E-state index contributed by atoms with van der Waals surface area (Å²) < 4.78 is 5.24. The largest absolute Gasteiger partial charge is 0.497 e. The Kier molecular flexibility index (Phi) is 5.41. The molecule has 3 aliphatic rings. The van der Waals surface area contributed by atoms with Gasteiger partial charge in [0.25, 0.3) is 0 Å².